The van der Waals surface area contributed by atoms with E-state index in [1.807, 2.05) is 13.8 Å². The summed E-state index contributed by atoms with van der Waals surface area (Å²) in [6.07, 6.45) is 3.83. The van der Waals surface area contributed by atoms with Gasteiger partial charge in [0.25, 0.3) is 6.47 Å². The van der Waals surface area contributed by atoms with Crippen molar-refractivity contribution in [2.24, 2.45) is 5.92 Å². The molecule has 0 saturated heterocycles. The molecule has 0 aromatic rings. The lowest BCUT2D eigenvalue weighted by Crippen LogP contribution is -2.40. The normalized spacial score (nSPS) is 15.8. The van der Waals surface area contributed by atoms with Gasteiger partial charge in [0, 0.05) is 0 Å². The lowest BCUT2D eigenvalue weighted by atomic mass is 9.81. The Hall–Kier alpha value is -1.06. The summed E-state index contributed by atoms with van der Waals surface area (Å²) < 4.78 is 9.88. The molecule has 0 fully saturated rings. The molecule has 0 spiro atoms. The molecule has 2 atom stereocenters. The number of carbonyl (C=O) groups excluding carboxylic acids is 2. The van der Waals surface area contributed by atoms with Crippen LogP contribution in [-0.4, -0.2) is 24.6 Å². The highest BCUT2D eigenvalue weighted by Crippen LogP contribution is 2.32. The molecule has 0 saturated carbocycles. The van der Waals surface area contributed by atoms with Gasteiger partial charge in [-0.2, -0.15) is 0 Å². The maximum atomic E-state index is 11.5. The average Bonchev–Trinajstić information content (AvgIpc) is 2.33. The second-order valence-electron chi connectivity index (χ2n) is 4.44. The predicted octanol–water partition coefficient (Wildman–Crippen LogP) is 2.70. The zero-order chi connectivity index (χ0) is 13.3. The molecular formula is C13H24O4. The minimum atomic E-state index is -0.476. The molecule has 17 heavy (non-hydrogen) atoms. The van der Waals surface area contributed by atoms with E-state index in [1.54, 1.807) is 0 Å². The van der Waals surface area contributed by atoms with Gasteiger partial charge in [-0.25, -0.2) is 4.79 Å². The molecule has 0 aliphatic rings. The first-order valence-corrected chi connectivity index (χ1v) is 6.31. The lowest BCUT2D eigenvalue weighted by Gasteiger charge is -2.36. The average molecular weight is 244 g/mol. The SMILES string of the molecule is CCCC(CC)C(C)(CC)OC(=O)COC=O. The van der Waals surface area contributed by atoms with Crippen LogP contribution >= 0.6 is 0 Å². The lowest BCUT2D eigenvalue weighted by molar-refractivity contribution is -0.171. The smallest absolute Gasteiger partial charge is 0.344 e. The Morgan fingerprint density at radius 2 is 2.00 bits per heavy atom. The van der Waals surface area contributed by atoms with Crippen LogP contribution in [-0.2, 0) is 19.1 Å². The van der Waals surface area contributed by atoms with Gasteiger partial charge < -0.3 is 9.47 Å². The van der Waals surface area contributed by atoms with E-state index >= 15 is 0 Å². The highest BCUT2D eigenvalue weighted by Gasteiger charge is 2.34. The largest absolute Gasteiger partial charge is 0.457 e. The number of ether oxygens (including phenoxy) is 2. The molecule has 0 rings (SSSR count). The minimum absolute atomic E-state index is 0.258. The van der Waals surface area contributed by atoms with Crippen molar-refractivity contribution in [3.63, 3.8) is 0 Å². The van der Waals surface area contributed by atoms with Crippen molar-refractivity contribution in [1.82, 2.24) is 0 Å². The van der Waals surface area contributed by atoms with Crippen molar-refractivity contribution < 1.29 is 19.1 Å². The highest BCUT2D eigenvalue weighted by molar-refractivity contribution is 5.72. The van der Waals surface area contributed by atoms with Crippen LogP contribution in [0.5, 0.6) is 0 Å². The zero-order valence-corrected chi connectivity index (χ0v) is 11.3. The predicted molar refractivity (Wildman–Crippen MR) is 65.5 cm³/mol. The first-order chi connectivity index (χ1) is 8.03. The topological polar surface area (TPSA) is 52.6 Å². The van der Waals surface area contributed by atoms with Crippen LogP contribution in [0.1, 0.15) is 53.4 Å². The molecule has 0 aliphatic carbocycles. The second kappa shape index (κ2) is 8.09. The van der Waals surface area contributed by atoms with E-state index in [0.29, 0.717) is 5.92 Å². The standard InChI is InChI=1S/C13H24O4/c1-5-8-11(6-2)13(4,7-3)17-12(15)9-16-10-14/h10-11H,5-9H2,1-4H3. The van der Waals surface area contributed by atoms with Gasteiger partial charge in [0.05, 0.1) is 0 Å². The van der Waals surface area contributed by atoms with Crippen LogP contribution < -0.4 is 0 Å². The number of hydrogen-bond donors (Lipinski definition) is 0. The minimum Gasteiger partial charge on any atom is -0.457 e. The van der Waals surface area contributed by atoms with Crippen molar-refractivity contribution in [2.75, 3.05) is 6.61 Å². The maximum absolute atomic E-state index is 11.5. The summed E-state index contributed by atoms with van der Waals surface area (Å²) in [5, 5.41) is 0. The fourth-order valence-electron chi connectivity index (χ4n) is 2.13. The summed E-state index contributed by atoms with van der Waals surface area (Å²) in [6.45, 7) is 8.14. The molecule has 0 bridgehead atoms. The highest BCUT2D eigenvalue weighted by atomic mass is 16.6. The van der Waals surface area contributed by atoms with Crippen molar-refractivity contribution >= 4 is 12.4 Å². The molecule has 4 nitrogen and oxygen atoms in total. The Morgan fingerprint density at radius 3 is 2.41 bits per heavy atom. The van der Waals surface area contributed by atoms with E-state index in [2.05, 4.69) is 18.6 Å². The number of esters is 1. The van der Waals surface area contributed by atoms with Gasteiger partial charge >= 0.3 is 5.97 Å². The summed E-state index contributed by atoms with van der Waals surface area (Å²) >= 11 is 0. The Kier molecular flexibility index (Phi) is 7.59. The van der Waals surface area contributed by atoms with Crippen LogP contribution in [0.2, 0.25) is 0 Å². The fraction of sp³-hybridized carbons (Fsp3) is 0.846. The number of carbonyl (C=O) groups is 2. The molecular weight excluding hydrogens is 220 g/mol. The van der Waals surface area contributed by atoms with Crippen molar-refractivity contribution in [2.45, 2.75) is 59.0 Å². The van der Waals surface area contributed by atoms with E-state index < -0.39 is 11.6 Å². The van der Waals surface area contributed by atoms with E-state index in [1.165, 1.54) is 0 Å². The summed E-state index contributed by atoms with van der Waals surface area (Å²) in [6, 6.07) is 0. The molecule has 0 aromatic heterocycles. The maximum Gasteiger partial charge on any atom is 0.344 e. The monoisotopic (exact) mass is 244 g/mol. The van der Waals surface area contributed by atoms with Crippen LogP contribution in [0.4, 0.5) is 0 Å². The van der Waals surface area contributed by atoms with Crippen LogP contribution in [0.15, 0.2) is 0 Å². The van der Waals surface area contributed by atoms with E-state index in [9.17, 15) is 9.59 Å². The Balaban J connectivity index is 4.52. The fourth-order valence-corrected chi connectivity index (χ4v) is 2.13. The first-order valence-electron chi connectivity index (χ1n) is 6.31. The quantitative estimate of drug-likeness (QED) is 0.462. The second-order valence-corrected chi connectivity index (χ2v) is 4.44. The van der Waals surface area contributed by atoms with Gasteiger partial charge in [-0.1, -0.05) is 27.2 Å². The molecule has 100 valence electrons. The third-order valence-electron chi connectivity index (χ3n) is 3.31. The van der Waals surface area contributed by atoms with Crippen molar-refractivity contribution in [1.29, 1.82) is 0 Å². The Labute approximate surface area is 104 Å². The van der Waals surface area contributed by atoms with Crippen molar-refractivity contribution in [3.05, 3.63) is 0 Å². The number of rotatable bonds is 9. The molecule has 4 heteroatoms. The number of hydrogen-bond acceptors (Lipinski definition) is 4. The van der Waals surface area contributed by atoms with E-state index in [4.69, 9.17) is 4.74 Å². The van der Waals surface area contributed by atoms with Crippen LogP contribution in [0, 0.1) is 5.92 Å². The molecule has 0 amide bonds. The summed E-state index contributed by atoms with van der Waals surface area (Å²) in [4.78, 5) is 21.5. The Morgan fingerprint density at radius 1 is 1.35 bits per heavy atom. The van der Waals surface area contributed by atoms with Crippen molar-refractivity contribution in [3.8, 4) is 0 Å². The summed E-state index contributed by atoms with van der Waals surface area (Å²) in [5.41, 5.74) is -0.464. The van der Waals surface area contributed by atoms with Gasteiger partial charge in [-0.05, 0) is 32.1 Å². The van der Waals surface area contributed by atoms with Gasteiger partial charge in [0.15, 0.2) is 6.61 Å². The molecule has 0 aromatic carbocycles. The molecule has 0 heterocycles. The summed E-state index contributed by atoms with van der Waals surface area (Å²) in [5.74, 6) is -0.131. The zero-order valence-electron chi connectivity index (χ0n) is 11.3. The molecule has 0 radical (unpaired) electrons. The van der Waals surface area contributed by atoms with E-state index in [0.717, 1.165) is 25.7 Å². The molecule has 2 unspecified atom stereocenters. The Bertz CT molecular complexity index is 240. The van der Waals surface area contributed by atoms with Gasteiger partial charge in [-0.3, -0.25) is 4.79 Å². The third-order valence-corrected chi connectivity index (χ3v) is 3.31. The van der Waals surface area contributed by atoms with Gasteiger partial charge in [0.1, 0.15) is 5.60 Å². The third kappa shape index (κ3) is 5.20. The van der Waals surface area contributed by atoms with Crippen LogP contribution in [0.25, 0.3) is 0 Å². The molecule has 0 aliphatic heterocycles. The molecule has 0 N–H and O–H groups in total. The van der Waals surface area contributed by atoms with E-state index in [-0.39, 0.29) is 13.1 Å². The van der Waals surface area contributed by atoms with Gasteiger partial charge in [-0.15, -0.1) is 0 Å². The van der Waals surface area contributed by atoms with Crippen LogP contribution in [0.3, 0.4) is 0 Å². The first kappa shape index (κ1) is 15.9. The summed E-state index contributed by atoms with van der Waals surface area (Å²) in [7, 11) is 0. The van der Waals surface area contributed by atoms with Gasteiger partial charge in [0.2, 0.25) is 0 Å².